The Balaban J connectivity index is 1.66. The fourth-order valence-corrected chi connectivity index (χ4v) is 2.24. The van der Waals surface area contributed by atoms with Crippen molar-refractivity contribution >= 4 is 17.5 Å². The Labute approximate surface area is 109 Å². The van der Waals surface area contributed by atoms with Gasteiger partial charge in [-0.3, -0.25) is 9.59 Å². The quantitative estimate of drug-likeness (QED) is 0.858. The predicted octanol–water partition coefficient (Wildman–Crippen LogP) is 0.927. The van der Waals surface area contributed by atoms with Gasteiger partial charge in [-0.25, -0.2) is 4.98 Å². The number of carboxylic acids is 1. The summed E-state index contributed by atoms with van der Waals surface area (Å²) >= 11 is 0. The van der Waals surface area contributed by atoms with Gasteiger partial charge < -0.3 is 14.8 Å². The van der Waals surface area contributed by atoms with Gasteiger partial charge >= 0.3 is 5.97 Å². The molecule has 1 aliphatic carbocycles. The maximum absolute atomic E-state index is 12.0. The van der Waals surface area contributed by atoms with Crippen LogP contribution in [-0.4, -0.2) is 32.4 Å². The largest absolute Gasteiger partial charge is 0.481 e. The highest BCUT2D eigenvalue weighted by molar-refractivity contribution is 5.93. The lowest BCUT2D eigenvalue weighted by Crippen LogP contribution is -2.46. The zero-order valence-electron chi connectivity index (χ0n) is 10.1. The minimum absolute atomic E-state index is 0.0570. The van der Waals surface area contributed by atoms with E-state index < -0.39 is 5.97 Å². The second-order valence-electron chi connectivity index (χ2n) is 4.77. The highest BCUT2D eigenvalue weighted by atomic mass is 16.4. The predicted molar refractivity (Wildman–Crippen MR) is 66.8 cm³/mol. The molecule has 2 heterocycles. The van der Waals surface area contributed by atoms with Crippen LogP contribution >= 0.6 is 0 Å². The molecule has 0 spiro atoms. The van der Waals surface area contributed by atoms with E-state index in [0.717, 1.165) is 0 Å². The van der Waals surface area contributed by atoms with Crippen LogP contribution in [0, 0.1) is 5.92 Å². The molecule has 98 valence electrons. The molecule has 2 aromatic rings. The third-order valence-corrected chi connectivity index (χ3v) is 3.42. The SMILES string of the molecule is O=C(NC1CC(C(=O)O)C1)c1cn2ccccc2n1. The standard InChI is InChI=1S/C13H13N3O3/c17-12(14-9-5-8(6-9)13(18)19)10-7-16-4-2-1-3-11(16)15-10/h1-4,7-9H,5-6H2,(H,14,17)(H,18,19). The molecule has 0 atom stereocenters. The molecular weight excluding hydrogens is 246 g/mol. The Hall–Kier alpha value is -2.37. The number of amides is 1. The highest BCUT2D eigenvalue weighted by Gasteiger charge is 2.35. The summed E-state index contributed by atoms with van der Waals surface area (Å²) in [5, 5.41) is 11.6. The van der Waals surface area contributed by atoms with Gasteiger partial charge in [-0.2, -0.15) is 0 Å². The van der Waals surface area contributed by atoms with Gasteiger partial charge in [0.05, 0.1) is 5.92 Å². The van der Waals surface area contributed by atoms with Crippen molar-refractivity contribution in [2.24, 2.45) is 5.92 Å². The highest BCUT2D eigenvalue weighted by Crippen LogP contribution is 2.27. The van der Waals surface area contributed by atoms with Crippen molar-refractivity contribution in [3.63, 3.8) is 0 Å². The van der Waals surface area contributed by atoms with E-state index in [9.17, 15) is 9.59 Å². The van der Waals surface area contributed by atoms with Gasteiger partial charge in [0.2, 0.25) is 0 Å². The Morgan fingerprint density at radius 1 is 1.37 bits per heavy atom. The number of hydrogen-bond acceptors (Lipinski definition) is 3. The van der Waals surface area contributed by atoms with Crippen LogP contribution in [0.2, 0.25) is 0 Å². The van der Waals surface area contributed by atoms with E-state index in [-0.39, 0.29) is 17.9 Å². The number of nitrogens with zero attached hydrogens (tertiary/aromatic N) is 2. The van der Waals surface area contributed by atoms with E-state index in [4.69, 9.17) is 5.11 Å². The number of pyridine rings is 1. The fraction of sp³-hybridized carbons (Fsp3) is 0.308. The molecule has 0 radical (unpaired) electrons. The summed E-state index contributed by atoms with van der Waals surface area (Å²) in [6.07, 6.45) is 4.48. The van der Waals surface area contributed by atoms with Crippen LogP contribution < -0.4 is 5.32 Å². The first-order valence-corrected chi connectivity index (χ1v) is 6.11. The molecule has 1 fully saturated rings. The van der Waals surface area contributed by atoms with Gasteiger partial charge in [-0.1, -0.05) is 6.07 Å². The molecule has 2 N–H and O–H groups in total. The van der Waals surface area contributed by atoms with Crippen molar-refractivity contribution in [2.75, 3.05) is 0 Å². The topological polar surface area (TPSA) is 83.7 Å². The maximum Gasteiger partial charge on any atom is 0.306 e. The number of carboxylic acid groups (broad SMARTS) is 1. The molecule has 19 heavy (non-hydrogen) atoms. The minimum Gasteiger partial charge on any atom is -0.481 e. The molecular formula is C13H13N3O3. The molecule has 1 amide bonds. The maximum atomic E-state index is 12.0. The second kappa shape index (κ2) is 4.38. The lowest BCUT2D eigenvalue weighted by molar-refractivity contribution is -0.145. The van der Waals surface area contributed by atoms with Gasteiger partial charge in [0, 0.05) is 18.4 Å². The number of hydrogen-bond donors (Lipinski definition) is 2. The van der Waals surface area contributed by atoms with Gasteiger partial charge in [-0.05, 0) is 25.0 Å². The lowest BCUT2D eigenvalue weighted by Gasteiger charge is -2.32. The molecule has 1 saturated carbocycles. The van der Waals surface area contributed by atoms with Crippen molar-refractivity contribution in [1.82, 2.24) is 14.7 Å². The van der Waals surface area contributed by atoms with Crippen LogP contribution in [0.25, 0.3) is 5.65 Å². The van der Waals surface area contributed by atoms with Crippen LogP contribution in [-0.2, 0) is 4.79 Å². The van der Waals surface area contributed by atoms with Crippen LogP contribution in [0.4, 0.5) is 0 Å². The number of fused-ring (bicyclic) bond motifs is 1. The summed E-state index contributed by atoms with van der Waals surface area (Å²) in [5.41, 5.74) is 1.06. The van der Waals surface area contributed by atoms with Crippen molar-refractivity contribution in [3.05, 3.63) is 36.3 Å². The molecule has 0 aromatic carbocycles. The summed E-state index contributed by atoms with van der Waals surface area (Å²) in [4.78, 5) is 26.8. The molecule has 2 aromatic heterocycles. The fourth-order valence-electron chi connectivity index (χ4n) is 2.24. The number of aromatic nitrogens is 2. The first-order chi connectivity index (χ1) is 9.13. The van der Waals surface area contributed by atoms with E-state index in [2.05, 4.69) is 10.3 Å². The molecule has 6 heteroatoms. The Morgan fingerprint density at radius 2 is 2.16 bits per heavy atom. The van der Waals surface area contributed by atoms with Gasteiger partial charge in [0.1, 0.15) is 11.3 Å². The average molecular weight is 259 g/mol. The Bertz CT molecular complexity index is 610. The summed E-state index contributed by atoms with van der Waals surface area (Å²) in [6.45, 7) is 0. The molecule has 0 bridgehead atoms. The van der Waals surface area contributed by atoms with Crippen LogP contribution in [0.3, 0.4) is 0 Å². The first-order valence-electron chi connectivity index (χ1n) is 6.11. The number of carbonyl (C=O) groups excluding carboxylic acids is 1. The van der Waals surface area contributed by atoms with Crippen molar-refractivity contribution in [2.45, 2.75) is 18.9 Å². The van der Waals surface area contributed by atoms with E-state index in [1.54, 1.807) is 10.6 Å². The van der Waals surface area contributed by atoms with E-state index in [1.165, 1.54) is 0 Å². The van der Waals surface area contributed by atoms with Gasteiger partial charge in [-0.15, -0.1) is 0 Å². The monoisotopic (exact) mass is 259 g/mol. The van der Waals surface area contributed by atoms with Crippen molar-refractivity contribution in [1.29, 1.82) is 0 Å². The third kappa shape index (κ3) is 2.16. The summed E-state index contributed by atoms with van der Waals surface area (Å²) < 4.78 is 1.77. The first kappa shape index (κ1) is 11.7. The van der Waals surface area contributed by atoms with E-state index >= 15 is 0 Å². The lowest BCUT2D eigenvalue weighted by atomic mass is 9.80. The normalized spacial score (nSPS) is 21.9. The Morgan fingerprint density at radius 3 is 2.84 bits per heavy atom. The molecule has 0 aliphatic heterocycles. The van der Waals surface area contributed by atoms with Crippen LogP contribution in [0.5, 0.6) is 0 Å². The minimum atomic E-state index is -0.793. The van der Waals surface area contributed by atoms with E-state index in [0.29, 0.717) is 24.2 Å². The molecule has 0 unspecified atom stereocenters. The number of rotatable bonds is 3. The second-order valence-corrected chi connectivity index (χ2v) is 4.77. The zero-order chi connectivity index (χ0) is 13.4. The molecule has 6 nitrogen and oxygen atoms in total. The number of nitrogens with one attached hydrogen (secondary N) is 1. The Kier molecular flexibility index (Phi) is 2.70. The van der Waals surface area contributed by atoms with E-state index in [1.807, 2.05) is 24.4 Å². The average Bonchev–Trinajstić information content (AvgIpc) is 2.76. The number of imidazole rings is 1. The van der Waals surface area contributed by atoms with Crippen molar-refractivity contribution in [3.8, 4) is 0 Å². The van der Waals surface area contributed by atoms with Crippen LogP contribution in [0.1, 0.15) is 23.3 Å². The molecule has 0 saturated heterocycles. The van der Waals surface area contributed by atoms with Crippen molar-refractivity contribution < 1.29 is 14.7 Å². The molecule has 3 rings (SSSR count). The molecule has 1 aliphatic rings. The summed E-state index contributed by atoms with van der Waals surface area (Å²) in [5.74, 6) is -1.37. The zero-order valence-corrected chi connectivity index (χ0v) is 10.1. The smallest absolute Gasteiger partial charge is 0.306 e. The van der Waals surface area contributed by atoms with Gasteiger partial charge in [0.25, 0.3) is 5.91 Å². The van der Waals surface area contributed by atoms with Crippen LogP contribution in [0.15, 0.2) is 30.6 Å². The van der Waals surface area contributed by atoms with Gasteiger partial charge in [0.15, 0.2) is 0 Å². The number of carbonyl (C=O) groups is 2. The number of aliphatic carboxylic acids is 1. The summed E-state index contributed by atoms with van der Waals surface area (Å²) in [7, 11) is 0. The third-order valence-electron chi connectivity index (χ3n) is 3.42. The summed E-state index contributed by atoms with van der Waals surface area (Å²) in [6, 6.07) is 5.48.